The van der Waals surface area contributed by atoms with E-state index < -0.39 is 0 Å². The summed E-state index contributed by atoms with van der Waals surface area (Å²) >= 11 is 0. The van der Waals surface area contributed by atoms with E-state index in [4.69, 9.17) is 9.26 Å². The van der Waals surface area contributed by atoms with Gasteiger partial charge < -0.3 is 9.26 Å². The number of carbonyl (C=O) groups is 1. The first kappa shape index (κ1) is 13.8. The molecule has 1 aromatic carbocycles. The summed E-state index contributed by atoms with van der Waals surface area (Å²) in [5.41, 5.74) is 0.846. The van der Waals surface area contributed by atoms with Crippen molar-refractivity contribution in [1.82, 2.24) is 10.1 Å². The second-order valence-corrected chi connectivity index (χ2v) is 5.36. The van der Waals surface area contributed by atoms with Gasteiger partial charge in [0, 0.05) is 11.5 Å². The Balaban J connectivity index is 1.68. The molecule has 0 aliphatic heterocycles. The molecule has 5 nitrogen and oxygen atoms in total. The Morgan fingerprint density at radius 1 is 1.29 bits per heavy atom. The Bertz CT molecular complexity index is 613. The van der Waals surface area contributed by atoms with Crippen molar-refractivity contribution in [2.75, 3.05) is 7.11 Å². The van der Waals surface area contributed by atoms with Gasteiger partial charge >= 0.3 is 0 Å². The summed E-state index contributed by atoms with van der Waals surface area (Å²) in [5, 5.41) is 3.94. The quantitative estimate of drug-likeness (QED) is 0.845. The first-order chi connectivity index (χ1) is 10.3. The Morgan fingerprint density at radius 2 is 2.00 bits per heavy atom. The molecule has 2 aromatic rings. The number of hydrogen-bond acceptors (Lipinski definition) is 5. The van der Waals surface area contributed by atoms with E-state index in [1.165, 1.54) is 0 Å². The number of methoxy groups -OCH3 is 1. The highest BCUT2D eigenvalue weighted by atomic mass is 16.5. The molecule has 5 heteroatoms. The van der Waals surface area contributed by atoms with Crippen LogP contribution in [0.25, 0.3) is 11.4 Å². The van der Waals surface area contributed by atoms with Gasteiger partial charge in [-0.3, -0.25) is 4.79 Å². The molecule has 0 radical (unpaired) electrons. The molecule has 3 rings (SSSR count). The molecule has 1 fully saturated rings. The number of Topliss-reactive ketones (excluding diaryl/α,β-unsaturated/α-hetero) is 1. The minimum atomic E-state index is 0.182. The molecule has 0 saturated heterocycles. The molecule has 0 N–H and O–H groups in total. The Kier molecular flexibility index (Phi) is 3.99. The molecule has 0 amide bonds. The average molecular weight is 286 g/mol. The first-order valence-corrected chi connectivity index (χ1v) is 7.26. The molecule has 1 aliphatic rings. The van der Waals surface area contributed by atoms with Crippen LogP contribution < -0.4 is 4.74 Å². The van der Waals surface area contributed by atoms with Gasteiger partial charge in [-0.2, -0.15) is 4.98 Å². The van der Waals surface area contributed by atoms with Crippen molar-refractivity contribution in [1.29, 1.82) is 0 Å². The van der Waals surface area contributed by atoms with Crippen LogP contribution in [0.3, 0.4) is 0 Å². The van der Waals surface area contributed by atoms with Crippen LogP contribution in [0.2, 0.25) is 0 Å². The van der Waals surface area contributed by atoms with E-state index in [1.807, 2.05) is 24.3 Å². The minimum Gasteiger partial charge on any atom is -0.497 e. The van der Waals surface area contributed by atoms with Crippen molar-refractivity contribution in [2.45, 2.75) is 32.1 Å². The van der Waals surface area contributed by atoms with E-state index in [9.17, 15) is 4.79 Å². The van der Waals surface area contributed by atoms with Crippen molar-refractivity contribution >= 4 is 5.78 Å². The Hall–Kier alpha value is -2.17. The molecule has 1 aliphatic carbocycles. The average Bonchev–Trinajstić information content (AvgIpc) is 3.19. The van der Waals surface area contributed by atoms with Gasteiger partial charge in [-0.25, -0.2) is 0 Å². The molecular weight excluding hydrogens is 268 g/mol. The topological polar surface area (TPSA) is 65.2 Å². The normalized spacial score (nSPS) is 15.3. The summed E-state index contributed by atoms with van der Waals surface area (Å²) in [6.07, 6.45) is 4.54. The van der Waals surface area contributed by atoms with Gasteiger partial charge in [0.25, 0.3) is 0 Å². The number of carbonyl (C=O) groups excluding carboxylic acids is 1. The Labute approximate surface area is 123 Å². The Morgan fingerprint density at radius 3 is 2.67 bits per heavy atom. The second-order valence-electron chi connectivity index (χ2n) is 5.36. The van der Waals surface area contributed by atoms with Crippen LogP contribution >= 0.6 is 0 Å². The number of ketones is 1. The number of ether oxygens (including phenoxy) is 1. The lowest BCUT2D eigenvalue weighted by Gasteiger charge is -2.04. The highest BCUT2D eigenvalue weighted by molar-refractivity contribution is 5.82. The molecule has 21 heavy (non-hydrogen) atoms. The SMILES string of the molecule is COc1ccc(-c2noc(CC(=O)C3CCCC3)n2)cc1. The van der Waals surface area contributed by atoms with Crippen LogP contribution in [0.5, 0.6) is 5.75 Å². The van der Waals surface area contributed by atoms with Gasteiger partial charge in [0.1, 0.15) is 11.5 Å². The highest BCUT2D eigenvalue weighted by Gasteiger charge is 2.24. The van der Waals surface area contributed by atoms with Gasteiger partial charge in [0.05, 0.1) is 13.5 Å². The number of rotatable bonds is 5. The predicted octanol–water partition coefficient (Wildman–Crippen LogP) is 3.05. The summed E-state index contributed by atoms with van der Waals surface area (Å²) in [4.78, 5) is 16.4. The standard InChI is InChI=1S/C16H18N2O3/c1-20-13-8-6-12(7-9-13)16-17-15(21-18-16)10-14(19)11-4-2-3-5-11/h6-9,11H,2-5,10H2,1H3. The van der Waals surface area contributed by atoms with Crippen molar-refractivity contribution < 1.29 is 14.1 Å². The highest BCUT2D eigenvalue weighted by Crippen LogP contribution is 2.27. The number of aromatic nitrogens is 2. The summed E-state index contributed by atoms with van der Waals surface area (Å²) in [7, 11) is 1.62. The fraction of sp³-hybridized carbons (Fsp3) is 0.438. The van der Waals surface area contributed by atoms with Crippen molar-refractivity contribution in [2.24, 2.45) is 5.92 Å². The molecule has 0 unspecified atom stereocenters. The van der Waals surface area contributed by atoms with E-state index in [1.54, 1.807) is 7.11 Å². The van der Waals surface area contributed by atoms with Crippen molar-refractivity contribution in [3.8, 4) is 17.1 Å². The lowest BCUT2D eigenvalue weighted by atomic mass is 10.0. The van der Waals surface area contributed by atoms with Crippen molar-refractivity contribution in [3.05, 3.63) is 30.2 Å². The van der Waals surface area contributed by atoms with Gasteiger partial charge in [0.2, 0.25) is 11.7 Å². The summed E-state index contributed by atoms with van der Waals surface area (Å²) in [5.74, 6) is 2.09. The smallest absolute Gasteiger partial charge is 0.234 e. The van der Waals surface area contributed by atoms with Crippen LogP contribution in [0.15, 0.2) is 28.8 Å². The maximum Gasteiger partial charge on any atom is 0.234 e. The van der Waals surface area contributed by atoms with Crippen LogP contribution in [-0.4, -0.2) is 23.0 Å². The lowest BCUT2D eigenvalue weighted by Crippen LogP contribution is -2.13. The van der Waals surface area contributed by atoms with Gasteiger partial charge in [-0.1, -0.05) is 18.0 Å². The third-order valence-corrected chi connectivity index (χ3v) is 3.95. The lowest BCUT2D eigenvalue weighted by molar-refractivity contribution is -0.122. The second kappa shape index (κ2) is 6.08. The van der Waals surface area contributed by atoms with Gasteiger partial charge in [-0.15, -0.1) is 0 Å². The van der Waals surface area contributed by atoms with Gasteiger partial charge in [-0.05, 0) is 37.1 Å². The molecule has 1 saturated carbocycles. The zero-order valence-electron chi connectivity index (χ0n) is 12.0. The third kappa shape index (κ3) is 3.12. The summed E-state index contributed by atoms with van der Waals surface area (Å²) in [6.45, 7) is 0. The molecular formula is C16H18N2O3. The van der Waals surface area contributed by atoms with Crippen LogP contribution in [0.1, 0.15) is 31.6 Å². The number of benzene rings is 1. The predicted molar refractivity (Wildman–Crippen MR) is 77.0 cm³/mol. The van der Waals surface area contributed by atoms with Gasteiger partial charge in [0.15, 0.2) is 0 Å². The molecule has 0 bridgehead atoms. The molecule has 1 heterocycles. The maximum absolute atomic E-state index is 12.1. The molecule has 1 aromatic heterocycles. The zero-order valence-corrected chi connectivity index (χ0v) is 12.0. The number of nitrogens with zero attached hydrogens (tertiary/aromatic N) is 2. The van der Waals surface area contributed by atoms with Crippen molar-refractivity contribution in [3.63, 3.8) is 0 Å². The van der Waals surface area contributed by atoms with E-state index in [-0.39, 0.29) is 18.1 Å². The first-order valence-electron chi connectivity index (χ1n) is 7.26. The molecule has 0 spiro atoms. The van der Waals surface area contributed by atoms with E-state index in [2.05, 4.69) is 10.1 Å². The summed E-state index contributed by atoms with van der Waals surface area (Å²) < 4.78 is 10.3. The van der Waals surface area contributed by atoms with E-state index >= 15 is 0 Å². The van der Waals surface area contributed by atoms with E-state index in [0.29, 0.717) is 11.7 Å². The van der Waals surface area contributed by atoms with E-state index in [0.717, 1.165) is 37.0 Å². The summed E-state index contributed by atoms with van der Waals surface area (Å²) in [6, 6.07) is 7.42. The fourth-order valence-electron chi connectivity index (χ4n) is 2.73. The monoisotopic (exact) mass is 286 g/mol. The largest absolute Gasteiger partial charge is 0.497 e. The zero-order chi connectivity index (χ0) is 14.7. The molecule has 0 atom stereocenters. The maximum atomic E-state index is 12.1. The number of hydrogen-bond donors (Lipinski definition) is 0. The minimum absolute atomic E-state index is 0.182. The molecule has 110 valence electrons. The van der Waals surface area contributed by atoms with Crippen LogP contribution in [0.4, 0.5) is 0 Å². The third-order valence-electron chi connectivity index (χ3n) is 3.95. The fourth-order valence-corrected chi connectivity index (χ4v) is 2.73. The van der Waals surface area contributed by atoms with Crippen LogP contribution in [0, 0.1) is 5.92 Å². The van der Waals surface area contributed by atoms with Crippen LogP contribution in [-0.2, 0) is 11.2 Å².